The van der Waals surface area contributed by atoms with Crippen LogP contribution >= 0.6 is 11.3 Å². The highest BCUT2D eigenvalue weighted by Crippen LogP contribution is 2.29. The van der Waals surface area contributed by atoms with E-state index in [1.165, 1.54) is 21.9 Å². The van der Waals surface area contributed by atoms with Gasteiger partial charge in [-0.1, -0.05) is 32.9 Å². The van der Waals surface area contributed by atoms with Gasteiger partial charge in [0.25, 0.3) is 11.5 Å². The van der Waals surface area contributed by atoms with Crippen molar-refractivity contribution >= 4 is 58.0 Å². The van der Waals surface area contributed by atoms with Crippen LogP contribution in [0.3, 0.4) is 0 Å². The van der Waals surface area contributed by atoms with Gasteiger partial charge in [0.1, 0.15) is 35.9 Å². The fourth-order valence-electron chi connectivity index (χ4n) is 8.02. The van der Waals surface area contributed by atoms with E-state index in [9.17, 15) is 24.3 Å². The Kier molecular flexibility index (Phi) is 13.3. The fraction of sp³-hybridized carbons (Fsp3) is 0.452. The molecule has 0 saturated carbocycles. The number of rotatable bonds is 15. The molecule has 2 aliphatic heterocycles. The smallest absolute Gasteiger partial charge is 0.338 e. The number of carboxylic acid groups (broad SMARTS) is 1. The van der Waals surface area contributed by atoms with E-state index in [1.807, 2.05) is 62.2 Å². The molecule has 7 rings (SSSR count). The first-order valence-electron chi connectivity index (χ1n) is 20.7. The number of nitrogens with zero attached hydrogens (tertiary/aromatic N) is 9. The van der Waals surface area contributed by atoms with E-state index in [0.717, 1.165) is 36.4 Å². The fourth-order valence-corrected chi connectivity index (χ4v) is 8.95. The number of benzene rings is 1. The Morgan fingerprint density at radius 3 is 2.61 bits per heavy atom. The summed E-state index contributed by atoms with van der Waals surface area (Å²) in [4.78, 5) is 69.7. The zero-order valence-electron chi connectivity index (χ0n) is 35.5. The number of ether oxygens (including phenoxy) is 1. The molecule has 328 valence electrons. The summed E-state index contributed by atoms with van der Waals surface area (Å²) in [6.45, 7) is 10.8. The molecule has 3 N–H and O–H groups in total. The number of carboxylic acids is 1. The Bertz CT molecular complexity index is 2500. The number of tetrazole rings is 1. The molecule has 2 aliphatic rings. The van der Waals surface area contributed by atoms with E-state index in [1.54, 1.807) is 36.1 Å². The quantitative estimate of drug-likeness (QED) is 0.102. The van der Waals surface area contributed by atoms with Gasteiger partial charge < -0.3 is 29.3 Å². The van der Waals surface area contributed by atoms with Crippen molar-refractivity contribution in [2.24, 2.45) is 0 Å². The number of nitrogens with one attached hydrogen (secondary N) is 3. The molecule has 0 spiro atoms. The molecule has 1 aromatic carbocycles. The van der Waals surface area contributed by atoms with Crippen molar-refractivity contribution in [3.8, 4) is 5.75 Å². The maximum atomic E-state index is 14.4. The van der Waals surface area contributed by atoms with Gasteiger partial charge in [0, 0.05) is 48.5 Å². The number of pyridine rings is 1. The Labute approximate surface area is 362 Å². The molecule has 5 aromatic rings. The van der Waals surface area contributed by atoms with Crippen molar-refractivity contribution in [2.75, 3.05) is 56.6 Å². The lowest BCUT2D eigenvalue weighted by molar-refractivity contribution is -0.931. The summed E-state index contributed by atoms with van der Waals surface area (Å²) >= 11 is 1.34. The lowest BCUT2D eigenvalue weighted by Gasteiger charge is -2.39. The Hall–Kier alpha value is -6.25. The number of piperidine rings is 1. The van der Waals surface area contributed by atoms with Crippen LogP contribution in [0.5, 0.6) is 5.75 Å². The first-order chi connectivity index (χ1) is 29.7. The zero-order chi connectivity index (χ0) is 44.0. The molecule has 3 atom stereocenters. The first-order valence-corrected chi connectivity index (χ1v) is 21.5. The van der Waals surface area contributed by atoms with Gasteiger partial charge in [-0.2, -0.15) is 0 Å². The summed E-state index contributed by atoms with van der Waals surface area (Å²) < 4.78 is 8.64. The van der Waals surface area contributed by atoms with E-state index in [2.05, 4.69) is 36.6 Å². The Morgan fingerprint density at radius 1 is 1.08 bits per heavy atom. The number of thiazole rings is 1. The Morgan fingerprint density at radius 2 is 1.89 bits per heavy atom. The molecule has 2 fully saturated rings. The van der Waals surface area contributed by atoms with Gasteiger partial charge in [-0.3, -0.25) is 24.1 Å². The number of likely N-dealkylation sites (tertiary alicyclic amines) is 1. The second-order valence-corrected chi connectivity index (χ2v) is 17.5. The van der Waals surface area contributed by atoms with Crippen molar-refractivity contribution in [1.29, 1.82) is 0 Å². The number of methoxy groups -OCH3 is 1. The van der Waals surface area contributed by atoms with Crippen LogP contribution in [-0.4, -0.2) is 115 Å². The molecule has 1 unspecified atom stereocenters. The second-order valence-electron chi connectivity index (χ2n) is 16.6. The second kappa shape index (κ2) is 18.8. The number of fused-ring (bicyclic) bond motifs is 1. The Balaban J connectivity index is 1.12. The predicted molar refractivity (Wildman–Crippen MR) is 230 cm³/mol. The van der Waals surface area contributed by atoms with Crippen LogP contribution in [0.25, 0.3) is 17.8 Å². The zero-order valence-corrected chi connectivity index (χ0v) is 36.3. The summed E-state index contributed by atoms with van der Waals surface area (Å²) in [5.41, 5.74) is 4.56. The van der Waals surface area contributed by atoms with Crippen LogP contribution in [0.4, 0.5) is 15.7 Å². The highest BCUT2D eigenvalue weighted by Gasteiger charge is 2.40. The molecule has 4 aromatic heterocycles. The molecule has 6 heterocycles. The van der Waals surface area contributed by atoms with Gasteiger partial charge in [-0.15, -0.1) is 16.4 Å². The van der Waals surface area contributed by atoms with E-state index < -0.39 is 24.0 Å². The van der Waals surface area contributed by atoms with Gasteiger partial charge in [0.2, 0.25) is 0 Å². The summed E-state index contributed by atoms with van der Waals surface area (Å²) in [6, 6.07) is 10.1. The minimum absolute atomic E-state index is 0.0502. The molecular formula is C42H52N12O7S. The SMILES string of the molecule is CC[N+]1(CC(=O)[O-])CCC[C@H]1CNC(=O)NO[C@@H]1CCCN(c2nc3cc(C(=O)Nc4nc(C(C)(C)C)cs4)ccn3c(=O)c2/C=C/c2nnnn2Cc2ccc(OC)cc2)C1. The molecule has 0 radical (unpaired) electrons. The van der Waals surface area contributed by atoms with E-state index in [-0.39, 0.29) is 41.3 Å². The minimum atomic E-state index is -1.10. The molecule has 20 heteroatoms. The van der Waals surface area contributed by atoms with E-state index >= 15 is 0 Å². The number of likely N-dealkylation sites (N-methyl/N-ethyl adjacent to an activating group) is 1. The lowest BCUT2D eigenvalue weighted by atomic mass is 9.93. The molecule has 0 aliphatic carbocycles. The van der Waals surface area contributed by atoms with Crippen molar-refractivity contribution in [3.05, 3.63) is 86.5 Å². The lowest BCUT2D eigenvalue weighted by Crippen LogP contribution is -2.60. The van der Waals surface area contributed by atoms with Crippen LogP contribution in [0.2, 0.25) is 0 Å². The number of carbonyl (C=O) groups is 3. The summed E-state index contributed by atoms with van der Waals surface area (Å²) in [6.07, 6.45) is 7.30. The number of hydroxylamine groups is 1. The number of hydrogen-bond donors (Lipinski definition) is 3. The average molecular weight is 869 g/mol. The molecule has 62 heavy (non-hydrogen) atoms. The highest BCUT2D eigenvalue weighted by molar-refractivity contribution is 7.14. The van der Waals surface area contributed by atoms with Gasteiger partial charge in [0.05, 0.1) is 50.5 Å². The number of carbonyl (C=O) groups excluding carboxylic acids is 3. The number of aromatic nitrogens is 7. The average Bonchev–Trinajstić information content (AvgIpc) is 4.02. The predicted octanol–water partition coefficient (Wildman–Crippen LogP) is 2.86. The number of quaternary nitrogens is 1. The van der Waals surface area contributed by atoms with E-state index in [4.69, 9.17) is 14.6 Å². The highest BCUT2D eigenvalue weighted by atomic mass is 32.1. The molecule has 0 bridgehead atoms. The van der Waals surface area contributed by atoms with Crippen molar-refractivity contribution < 1.29 is 33.5 Å². The third-order valence-electron chi connectivity index (χ3n) is 11.5. The monoisotopic (exact) mass is 868 g/mol. The number of aliphatic carboxylic acids is 1. The maximum Gasteiger partial charge on any atom is 0.338 e. The van der Waals surface area contributed by atoms with Gasteiger partial charge in [-0.25, -0.2) is 24.9 Å². The van der Waals surface area contributed by atoms with Crippen LogP contribution in [0.15, 0.2) is 52.8 Å². The number of urea groups is 1. The van der Waals surface area contributed by atoms with Gasteiger partial charge in [0.15, 0.2) is 11.0 Å². The van der Waals surface area contributed by atoms with Crippen LogP contribution < -0.4 is 36.4 Å². The minimum Gasteiger partial charge on any atom is -0.544 e. The normalized spacial score (nSPS) is 19.2. The third kappa shape index (κ3) is 10.1. The van der Waals surface area contributed by atoms with Gasteiger partial charge >= 0.3 is 6.03 Å². The molecular weight excluding hydrogens is 817 g/mol. The number of hydrogen-bond acceptors (Lipinski definition) is 14. The van der Waals surface area contributed by atoms with Crippen molar-refractivity contribution in [1.82, 2.24) is 45.4 Å². The summed E-state index contributed by atoms with van der Waals surface area (Å²) in [5, 5.41) is 31.9. The topological polar surface area (TPSA) is 223 Å². The van der Waals surface area contributed by atoms with Crippen LogP contribution in [-0.2, 0) is 21.6 Å². The van der Waals surface area contributed by atoms with Crippen LogP contribution in [0.1, 0.15) is 86.4 Å². The summed E-state index contributed by atoms with van der Waals surface area (Å²) in [5.74, 6) is -0.0143. The maximum absolute atomic E-state index is 14.4. The molecule has 3 amide bonds. The van der Waals surface area contributed by atoms with Crippen LogP contribution in [0, 0.1) is 0 Å². The first kappa shape index (κ1) is 43.8. The van der Waals surface area contributed by atoms with Gasteiger partial charge in [-0.05, 0) is 72.2 Å². The third-order valence-corrected chi connectivity index (χ3v) is 12.3. The van der Waals surface area contributed by atoms with E-state index in [0.29, 0.717) is 65.8 Å². The largest absolute Gasteiger partial charge is 0.544 e. The van der Waals surface area contributed by atoms with Crippen molar-refractivity contribution in [3.63, 3.8) is 0 Å². The summed E-state index contributed by atoms with van der Waals surface area (Å²) in [7, 11) is 1.60. The van der Waals surface area contributed by atoms with Crippen molar-refractivity contribution in [2.45, 2.75) is 77.5 Å². The standard InChI is InChI=1S/C42H52N12O7S/c1-6-54(25-36(55)56)20-8-9-29(54)22-43-40(59)48-61-31-10-7-18-51(24-31)37-32(15-16-34-47-49-50-53(34)23-27-11-13-30(60-5)14-12-27)39(58)52-19-17-28(21-35(52)45-37)38(57)46-41-44-33(26-62-41)42(2,3)4/h11-17,19,21,26,29,31H,6-10,18,20,22-25H2,1-5H3,(H3-,43,44,46,48,55,56,57,59)/b16-15+/t29-,31+,54?/m0/s1. The molecule has 2 saturated heterocycles. The number of amides is 3. The number of anilines is 2. The molecule has 19 nitrogen and oxygen atoms in total.